The lowest BCUT2D eigenvalue weighted by molar-refractivity contribution is 0.599. The highest BCUT2D eigenvalue weighted by atomic mass is 35.5. The molecule has 3 rings (SSSR count). The van der Waals surface area contributed by atoms with Crippen molar-refractivity contribution in [3.63, 3.8) is 0 Å². The summed E-state index contributed by atoms with van der Waals surface area (Å²) < 4.78 is 42.3. The van der Waals surface area contributed by atoms with Gasteiger partial charge in [0.2, 0.25) is 10.0 Å². The van der Waals surface area contributed by atoms with Gasteiger partial charge in [-0.1, -0.05) is 18.5 Å². The topological polar surface area (TPSA) is 93.1 Å². The number of anilines is 3. The maximum absolute atomic E-state index is 14.5. The average Bonchev–Trinajstić information content (AvgIpc) is 2.65. The predicted octanol–water partition coefficient (Wildman–Crippen LogP) is 3.93. The number of aromatic nitrogens is 2. The second kappa shape index (κ2) is 8.00. The molecule has 0 aliphatic carbocycles. The molecule has 0 unspecified atom stereocenters. The summed E-state index contributed by atoms with van der Waals surface area (Å²) in [5, 5.41) is 3.18. The molecular weight excluding hydrogens is 419 g/mol. The van der Waals surface area contributed by atoms with Crippen LogP contribution in [0.2, 0.25) is 5.02 Å². The molecule has 7 nitrogen and oxygen atoms in total. The number of benzene rings is 2. The van der Waals surface area contributed by atoms with Gasteiger partial charge < -0.3 is 9.88 Å². The van der Waals surface area contributed by atoms with Crippen LogP contribution in [0.25, 0.3) is 10.9 Å². The van der Waals surface area contributed by atoms with E-state index in [-0.39, 0.29) is 27.7 Å². The van der Waals surface area contributed by atoms with E-state index in [4.69, 9.17) is 11.6 Å². The van der Waals surface area contributed by atoms with E-state index in [1.165, 1.54) is 17.0 Å². The maximum atomic E-state index is 14.5. The number of nitrogens with one attached hydrogen (secondary N) is 2. The lowest BCUT2D eigenvalue weighted by atomic mass is 10.1. The fraction of sp³-hybridized carbons (Fsp3) is 0.263. The van der Waals surface area contributed by atoms with Crippen LogP contribution in [0.15, 0.2) is 35.4 Å². The van der Waals surface area contributed by atoms with Crippen LogP contribution in [0, 0.1) is 12.7 Å². The van der Waals surface area contributed by atoms with Crippen molar-refractivity contribution in [2.75, 3.05) is 15.8 Å². The second-order valence-corrected chi connectivity index (χ2v) is 8.84. The number of hydrogen-bond donors (Lipinski definition) is 2. The largest absolute Gasteiger partial charge is 0.352 e. The molecule has 1 aromatic heterocycles. The Bertz CT molecular complexity index is 1260. The van der Waals surface area contributed by atoms with Crippen LogP contribution in [0.3, 0.4) is 0 Å². The second-order valence-electron chi connectivity index (χ2n) is 6.62. The first-order valence-electron chi connectivity index (χ1n) is 8.85. The summed E-state index contributed by atoms with van der Waals surface area (Å²) in [6.07, 6.45) is 1.86. The molecule has 0 aliphatic rings. The van der Waals surface area contributed by atoms with E-state index < -0.39 is 15.8 Å². The number of hydrogen-bond acceptors (Lipinski definition) is 5. The van der Waals surface area contributed by atoms with Gasteiger partial charge in [0.1, 0.15) is 5.82 Å². The predicted molar refractivity (Wildman–Crippen MR) is 114 cm³/mol. The van der Waals surface area contributed by atoms with E-state index in [0.29, 0.717) is 28.6 Å². The summed E-state index contributed by atoms with van der Waals surface area (Å²) in [5.74, 6) is -0.740. The normalized spacial score (nSPS) is 11.6. The number of nitrogens with zero attached hydrogens (tertiary/aromatic N) is 2. The van der Waals surface area contributed by atoms with Crippen LogP contribution >= 0.6 is 11.6 Å². The molecule has 0 bridgehead atoms. The van der Waals surface area contributed by atoms with Crippen molar-refractivity contribution in [2.45, 2.75) is 20.3 Å². The quantitative estimate of drug-likeness (QED) is 0.608. The molecule has 154 valence electrons. The highest BCUT2D eigenvalue weighted by molar-refractivity contribution is 7.92. The fourth-order valence-electron chi connectivity index (χ4n) is 2.96. The van der Waals surface area contributed by atoms with Gasteiger partial charge in [0.25, 0.3) is 5.56 Å². The third-order valence-corrected chi connectivity index (χ3v) is 6.31. The molecule has 29 heavy (non-hydrogen) atoms. The summed E-state index contributed by atoms with van der Waals surface area (Å²) in [5.41, 5.74) is 1.29. The van der Waals surface area contributed by atoms with Gasteiger partial charge in [-0.2, -0.15) is 0 Å². The molecule has 10 heteroatoms. The van der Waals surface area contributed by atoms with Crippen molar-refractivity contribution < 1.29 is 12.8 Å². The van der Waals surface area contributed by atoms with Gasteiger partial charge in [-0.3, -0.25) is 9.52 Å². The van der Waals surface area contributed by atoms with Gasteiger partial charge in [-0.25, -0.2) is 17.8 Å². The summed E-state index contributed by atoms with van der Waals surface area (Å²) in [4.78, 5) is 16.7. The van der Waals surface area contributed by atoms with Crippen LogP contribution in [0.1, 0.15) is 18.9 Å². The molecule has 0 radical (unpaired) electrons. The van der Waals surface area contributed by atoms with E-state index in [1.807, 2.05) is 0 Å². The molecule has 2 N–H and O–H groups in total. The number of aryl methyl sites for hydroxylation is 2. The smallest absolute Gasteiger partial charge is 0.261 e. The molecule has 0 aliphatic heterocycles. The zero-order chi connectivity index (χ0) is 21.3. The van der Waals surface area contributed by atoms with E-state index in [2.05, 4.69) is 15.0 Å². The minimum absolute atomic E-state index is 0.0695. The fourth-order valence-corrected chi connectivity index (χ4v) is 4.40. The van der Waals surface area contributed by atoms with Crippen molar-refractivity contribution in [1.29, 1.82) is 0 Å². The van der Waals surface area contributed by atoms with Crippen molar-refractivity contribution in [3.05, 3.63) is 57.3 Å². The third kappa shape index (κ3) is 4.20. The van der Waals surface area contributed by atoms with Gasteiger partial charge in [0, 0.05) is 12.7 Å². The summed E-state index contributed by atoms with van der Waals surface area (Å²) in [6, 6.07) is 5.69. The number of fused-ring (bicyclic) bond motifs is 1. The van der Waals surface area contributed by atoms with Gasteiger partial charge in [-0.15, -0.1) is 0 Å². The monoisotopic (exact) mass is 438 g/mol. The molecule has 0 spiro atoms. The Kier molecular flexibility index (Phi) is 5.81. The lowest BCUT2D eigenvalue weighted by Crippen LogP contribution is -2.18. The van der Waals surface area contributed by atoms with Crippen LogP contribution < -0.4 is 15.6 Å². The van der Waals surface area contributed by atoms with Crippen molar-refractivity contribution in [1.82, 2.24) is 9.55 Å². The number of sulfonamides is 1. The van der Waals surface area contributed by atoms with E-state index in [0.717, 1.165) is 6.07 Å². The first-order chi connectivity index (χ1) is 13.6. The Morgan fingerprint density at radius 2 is 1.90 bits per heavy atom. The summed E-state index contributed by atoms with van der Waals surface area (Å²) >= 11 is 6.29. The van der Waals surface area contributed by atoms with Gasteiger partial charge in [0.05, 0.1) is 39.4 Å². The zero-order valence-electron chi connectivity index (χ0n) is 16.1. The Morgan fingerprint density at radius 3 is 2.59 bits per heavy atom. The minimum atomic E-state index is -3.59. The van der Waals surface area contributed by atoms with E-state index in [9.17, 15) is 17.6 Å². The van der Waals surface area contributed by atoms with Crippen molar-refractivity contribution in [2.24, 2.45) is 7.05 Å². The third-order valence-electron chi connectivity index (χ3n) is 4.44. The Labute approximate surface area is 172 Å². The standard InChI is InChI=1S/C19H20ClFN4O3S/c1-4-9-29(27,28)24-15-6-5-12(21)18(17(15)20)23-13-7-8-14-16(11(13)2)19(26)25(3)10-22-14/h5-8,10,23-24H,4,9H2,1-3H3. The Hall–Kier alpha value is -2.65. The first-order valence-corrected chi connectivity index (χ1v) is 10.9. The van der Waals surface area contributed by atoms with Crippen LogP contribution in [0.4, 0.5) is 21.5 Å². The SMILES string of the molecule is CCCS(=O)(=O)Nc1ccc(F)c(Nc2ccc3ncn(C)c(=O)c3c2C)c1Cl. The molecular formula is C19H20ClFN4O3S. The molecule has 3 aromatic rings. The minimum Gasteiger partial charge on any atom is -0.352 e. The molecule has 0 atom stereocenters. The van der Waals surface area contributed by atoms with Gasteiger partial charge in [0.15, 0.2) is 0 Å². The number of rotatable bonds is 6. The first kappa shape index (κ1) is 21.1. The van der Waals surface area contributed by atoms with Gasteiger partial charge >= 0.3 is 0 Å². The van der Waals surface area contributed by atoms with Crippen LogP contribution in [-0.4, -0.2) is 23.7 Å². The van der Waals surface area contributed by atoms with Crippen molar-refractivity contribution >= 4 is 49.6 Å². The molecule has 0 saturated carbocycles. The van der Waals surface area contributed by atoms with Gasteiger partial charge in [-0.05, 0) is 43.2 Å². The zero-order valence-corrected chi connectivity index (χ0v) is 17.7. The molecule has 1 heterocycles. The Balaban J connectivity index is 2.07. The molecule has 2 aromatic carbocycles. The maximum Gasteiger partial charge on any atom is 0.261 e. The lowest BCUT2D eigenvalue weighted by Gasteiger charge is -2.16. The highest BCUT2D eigenvalue weighted by Gasteiger charge is 2.18. The average molecular weight is 439 g/mol. The van der Waals surface area contributed by atoms with E-state index in [1.54, 1.807) is 33.0 Å². The van der Waals surface area contributed by atoms with E-state index >= 15 is 0 Å². The van der Waals surface area contributed by atoms with Crippen LogP contribution in [-0.2, 0) is 17.1 Å². The molecule has 0 amide bonds. The molecule has 0 fully saturated rings. The van der Waals surface area contributed by atoms with Crippen molar-refractivity contribution in [3.8, 4) is 0 Å². The number of halogens is 2. The summed E-state index contributed by atoms with van der Waals surface area (Å²) in [6.45, 7) is 3.45. The highest BCUT2D eigenvalue weighted by Crippen LogP contribution is 2.36. The molecule has 0 saturated heterocycles. The summed E-state index contributed by atoms with van der Waals surface area (Å²) in [7, 11) is -2.00. The van der Waals surface area contributed by atoms with Crippen LogP contribution in [0.5, 0.6) is 0 Å². The Morgan fingerprint density at radius 1 is 1.21 bits per heavy atom.